The van der Waals surface area contributed by atoms with Crippen molar-refractivity contribution in [3.8, 4) is 11.5 Å². The van der Waals surface area contributed by atoms with Gasteiger partial charge < -0.3 is 20.1 Å². The van der Waals surface area contributed by atoms with Gasteiger partial charge in [0, 0.05) is 27.4 Å². The Kier molecular flexibility index (Phi) is 8.07. The van der Waals surface area contributed by atoms with E-state index < -0.39 is 0 Å². The van der Waals surface area contributed by atoms with Crippen LogP contribution in [0.4, 0.5) is 11.4 Å². The Balaban J connectivity index is 1.58. The van der Waals surface area contributed by atoms with Crippen LogP contribution in [-0.2, 0) is 11.3 Å². The van der Waals surface area contributed by atoms with Crippen LogP contribution in [0.2, 0.25) is 10.0 Å². The highest BCUT2D eigenvalue weighted by atomic mass is 79.9. The second-order valence-corrected chi connectivity index (χ2v) is 8.44. The molecule has 31 heavy (non-hydrogen) atoms. The van der Waals surface area contributed by atoms with Crippen molar-refractivity contribution in [1.82, 2.24) is 0 Å². The molecule has 3 aromatic rings. The molecule has 0 aliphatic heterocycles. The Bertz CT molecular complexity index is 1090. The van der Waals surface area contributed by atoms with Gasteiger partial charge in [-0.25, -0.2) is 0 Å². The van der Waals surface area contributed by atoms with E-state index in [1.54, 1.807) is 25.3 Å². The zero-order valence-corrected chi connectivity index (χ0v) is 20.1. The van der Waals surface area contributed by atoms with E-state index in [0.29, 0.717) is 33.8 Å². The first-order valence-corrected chi connectivity index (χ1v) is 10.9. The van der Waals surface area contributed by atoms with Crippen molar-refractivity contribution >= 4 is 56.4 Å². The van der Waals surface area contributed by atoms with Crippen molar-refractivity contribution in [3.05, 3.63) is 80.2 Å². The van der Waals surface area contributed by atoms with Gasteiger partial charge in [0.15, 0.2) is 18.1 Å². The first-order chi connectivity index (χ1) is 14.9. The van der Waals surface area contributed by atoms with Crippen molar-refractivity contribution in [2.75, 3.05) is 24.4 Å². The molecular weight excluding hydrogens is 503 g/mol. The summed E-state index contributed by atoms with van der Waals surface area (Å²) in [4.78, 5) is 12.2. The molecule has 0 bridgehead atoms. The molecule has 5 nitrogen and oxygen atoms in total. The van der Waals surface area contributed by atoms with Gasteiger partial charge in [0.2, 0.25) is 0 Å². The van der Waals surface area contributed by atoms with E-state index in [1.807, 2.05) is 43.3 Å². The second kappa shape index (κ2) is 10.8. The minimum absolute atomic E-state index is 0.156. The first kappa shape index (κ1) is 23.3. The lowest BCUT2D eigenvalue weighted by molar-refractivity contribution is -0.118. The van der Waals surface area contributed by atoms with Crippen LogP contribution in [0.1, 0.15) is 11.1 Å². The zero-order chi connectivity index (χ0) is 22.4. The fourth-order valence-electron chi connectivity index (χ4n) is 2.76. The average molecular weight is 524 g/mol. The number of aryl methyl sites for hydroxylation is 1. The van der Waals surface area contributed by atoms with E-state index in [9.17, 15) is 4.79 Å². The van der Waals surface area contributed by atoms with Gasteiger partial charge in [-0.2, -0.15) is 0 Å². The van der Waals surface area contributed by atoms with Gasteiger partial charge in [-0.1, -0.05) is 35.3 Å². The van der Waals surface area contributed by atoms with Gasteiger partial charge in [0.05, 0.1) is 12.1 Å². The molecule has 0 saturated heterocycles. The number of rotatable bonds is 8. The summed E-state index contributed by atoms with van der Waals surface area (Å²) in [5, 5.41) is 7.30. The van der Waals surface area contributed by atoms with E-state index in [2.05, 4.69) is 26.6 Å². The van der Waals surface area contributed by atoms with E-state index in [4.69, 9.17) is 32.7 Å². The standard InChI is InChI=1S/C23H21BrCl2N2O3/c1-14-3-5-17(11-19(14)25)28-23(29)13-31-21-8-4-15(9-22(21)30-2)12-27-16-6-7-18(24)20(26)10-16/h3-11,27H,12-13H2,1-2H3,(H,28,29). The maximum Gasteiger partial charge on any atom is 0.262 e. The van der Waals surface area contributed by atoms with Crippen LogP contribution in [0.15, 0.2) is 59.1 Å². The van der Waals surface area contributed by atoms with Crippen LogP contribution < -0.4 is 20.1 Å². The van der Waals surface area contributed by atoms with Crippen LogP contribution in [-0.4, -0.2) is 19.6 Å². The predicted molar refractivity (Wildman–Crippen MR) is 130 cm³/mol. The molecule has 0 aliphatic carbocycles. The van der Waals surface area contributed by atoms with E-state index >= 15 is 0 Å². The number of benzene rings is 3. The molecule has 8 heteroatoms. The fourth-order valence-corrected chi connectivity index (χ4v) is 3.37. The Hall–Kier alpha value is -2.41. The van der Waals surface area contributed by atoms with Gasteiger partial charge in [-0.3, -0.25) is 4.79 Å². The summed E-state index contributed by atoms with van der Waals surface area (Å²) >= 11 is 15.6. The lowest BCUT2D eigenvalue weighted by Gasteiger charge is -2.13. The molecule has 1 amide bonds. The number of amides is 1. The maximum absolute atomic E-state index is 12.2. The Labute approximate surface area is 199 Å². The molecule has 0 fully saturated rings. The molecule has 0 saturated carbocycles. The monoisotopic (exact) mass is 522 g/mol. The molecule has 3 rings (SSSR count). The number of methoxy groups -OCH3 is 1. The van der Waals surface area contributed by atoms with Crippen molar-refractivity contribution in [2.24, 2.45) is 0 Å². The van der Waals surface area contributed by atoms with Gasteiger partial charge >= 0.3 is 0 Å². The summed E-state index contributed by atoms with van der Waals surface area (Å²) in [5.74, 6) is 0.731. The summed E-state index contributed by atoms with van der Waals surface area (Å²) in [6.45, 7) is 2.32. The SMILES string of the molecule is COc1cc(CNc2ccc(Br)c(Cl)c2)ccc1OCC(=O)Nc1ccc(C)c(Cl)c1. The van der Waals surface area contributed by atoms with Crippen LogP contribution in [0.3, 0.4) is 0 Å². The van der Waals surface area contributed by atoms with Crippen LogP contribution in [0, 0.1) is 6.92 Å². The number of hydrogen-bond acceptors (Lipinski definition) is 4. The van der Waals surface area contributed by atoms with Crippen molar-refractivity contribution in [1.29, 1.82) is 0 Å². The maximum atomic E-state index is 12.2. The highest BCUT2D eigenvalue weighted by molar-refractivity contribution is 9.10. The molecule has 0 atom stereocenters. The fraction of sp³-hybridized carbons (Fsp3) is 0.174. The Morgan fingerprint density at radius 2 is 1.71 bits per heavy atom. The highest BCUT2D eigenvalue weighted by Crippen LogP contribution is 2.29. The summed E-state index contributed by atoms with van der Waals surface area (Å²) < 4.78 is 11.9. The molecule has 0 unspecified atom stereocenters. The van der Waals surface area contributed by atoms with Crippen LogP contribution in [0.5, 0.6) is 11.5 Å². The summed E-state index contributed by atoms with van der Waals surface area (Å²) in [7, 11) is 1.56. The lowest BCUT2D eigenvalue weighted by Crippen LogP contribution is -2.20. The molecular formula is C23H21BrCl2N2O3. The second-order valence-electron chi connectivity index (χ2n) is 6.77. The van der Waals surface area contributed by atoms with Gasteiger partial charge in [-0.05, 0) is 76.4 Å². The van der Waals surface area contributed by atoms with Gasteiger partial charge in [0.25, 0.3) is 5.91 Å². The molecule has 0 radical (unpaired) electrons. The summed E-state index contributed by atoms with van der Waals surface area (Å²) in [5.41, 5.74) is 3.45. The van der Waals surface area contributed by atoms with Gasteiger partial charge in [-0.15, -0.1) is 0 Å². The Morgan fingerprint density at radius 3 is 2.42 bits per heavy atom. The summed E-state index contributed by atoms with van der Waals surface area (Å²) in [6, 6.07) is 16.6. The molecule has 162 valence electrons. The minimum atomic E-state index is -0.292. The molecule has 2 N–H and O–H groups in total. The largest absolute Gasteiger partial charge is 0.493 e. The number of nitrogens with one attached hydrogen (secondary N) is 2. The highest BCUT2D eigenvalue weighted by Gasteiger charge is 2.10. The number of hydrogen-bond donors (Lipinski definition) is 2. The molecule has 3 aromatic carbocycles. The van der Waals surface area contributed by atoms with E-state index in [0.717, 1.165) is 21.3 Å². The third-order valence-corrected chi connectivity index (χ3v) is 6.10. The quantitative estimate of drug-likeness (QED) is 0.344. The molecule has 0 heterocycles. The minimum Gasteiger partial charge on any atom is -0.493 e. The average Bonchev–Trinajstić information content (AvgIpc) is 2.76. The smallest absolute Gasteiger partial charge is 0.262 e. The van der Waals surface area contributed by atoms with E-state index in [-0.39, 0.29) is 12.5 Å². The van der Waals surface area contributed by atoms with Crippen LogP contribution in [0.25, 0.3) is 0 Å². The lowest BCUT2D eigenvalue weighted by atomic mass is 10.2. The zero-order valence-electron chi connectivity index (χ0n) is 17.0. The number of anilines is 2. The van der Waals surface area contributed by atoms with E-state index in [1.165, 1.54) is 0 Å². The molecule has 0 aliphatic rings. The number of carbonyl (C=O) groups excluding carboxylic acids is 1. The topological polar surface area (TPSA) is 59.6 Å². The number of carbonyl (C=O) groups is 1. The normalized spacial score (nSPS) is 10.5. The van der Waals surface area contributed by atoms with Crippen molar-refractivity contribution < 1.29 is 14.3 Å². The third kappa shape index (κ3) is 6.53. The number of halogens is 3. The third-order valence-electron chi connectivity index (χ3n) is 4.46. The first-order valence-electron chi connectivity index (χ1n) is 9.40. The van der Waals surface area contributed by atoms with Crippen molar-refractivity contribution in [2.45, 2.75) is 13.5 Å². The molecule has 0 aromatic heterocycles. The predicted octanol–water partition coefficient (Wildman–Crippen LogP) is 6.70. The Morgan fingerprint density at radius 1 is 0.968 bits per heavy atom. The van der Waals surface area contributed by atoms with Crippen LogP contribution >= 0.6 is 39.1 Å². The summed E-state index contributed by atoms with van der Waals surface area (Å²) in [6.07, 6.45) is 0. The molecule has 0 spiro atoms. The van der Waals surface area contributed by atoms with Gasteiger partial charge in [0.1, 0.15) is 0 Å². The number of ether oxygens (including phenoxy) is 2. The van der Waals surface area contributed by atoms with Crippen molar-refractivity contribution in [3.63, 3.8) is 0 Å².